The van der Waals surface area contributed by atoms with E-state index in [4.69, 9.17) is 4.74 Å². The number of hydrogen-bond donors (Lipinski definition) is 3. The molecule has 1 fully saturated rings. The number of allylic oxidation sites excluding steroid dienone is 2. The van der Waals surface area contributed by atoms with Crippen LogP contribution in [0.2, 0.25) is 0 Å². The zero-order chi connectivity index (χ0) is 23.9. The third-order valence-corrected chi connectivity index (χ3v) is 6.53. The van der Waals surface area contributed by atoms with E-state index < -0.39 is 18.3 Å². The van der Waals surface area contributed by atoms with Crippen LogP contribution in [0.1, 0.15) is 86.9 Å². The Balaban J connectivity index is 0. The van der Waals surface area contributed by atoms with E-state index in [0.29, 0.717) is 19.3 Å². The summed E-state index contributed by atoms with van der Waals surface area (Å²) in [5.41, 5.74) is 0. The SMILES string of the molecule is CCCCCC(O)/C=C/[C@H]1C(O)CC(O)[C@@H]1C/C=C/CCCC(=O)OC(C)N(CC)CC.[H-].[Na+]. The maximum absolute atomic E-state index is 12.0. The molecule has 0 aromatic rings. The molecule has 0 radical (unpaired) electrons. The molecular weight excluding hydrogens is 429 g/mol. The molecule has 3 N–H and O–H groups in total. The summed E-state index contributed by atoms with van der Waals surface area (Å²) < 4.78 is 5.47. The maximum Gasteiger partial charge on any atom is 1.00 e. The van der Waals surface area contributed by atoms with Crippen LogP contribution in [0.3, 0.4) is 0 Å². The second-order valence-corrected chi connectivity index (χ2v) is 8.97. The van der Waals surface area contributed by atoms with Gasteiger partial charge in [0.1, 0.15) is 0 Å². The number of esters is 1. The van der Waals surface area contributed by atoms with Crippen molar-refractivity contribution >= 4 is 5.97 Å². The Kier molecular flexibility index (Phi) is 18.9. The van der Waals surface area contributed by atoms with Crippen LogP contribution >= 0.6 is 0 Å². The quantitative estimate of drug-likeness (QED) is 0.102. The van der Waals surface area contributed by atoms with Crippen molar-refractivity contribution in [1.29, 1.82) is 0 Å². The van der Waals surface area contributed by atoms with Crippen LogP contribution < -0.4 is 29.6 Å². The molecule has 6 atom stereocenters. The van der Waals surface area contributed by atoms with Gasteiger partial charge in [-0.05, 0) is 51.6 Å². The molecule has 0 heterocycles. The second-order valence-electron chi connectivity index (χ2n) is 8.97. The Hall–Kier alpha value is -0.210. The van der Waals surface area contributed by atoms with Gasteiger partial charge in [-0.15, -0.1) is 0 Å². The zero-order valence-corrected chi connectivity index (χ0v) is 23.7. The first kappa shape index (κ1) is 32.8. The van der Waals surface area contributed by atoms with Crippen molar-refractivity contribution in [2.24, 2.45) is 11.8 Å². The van der Waals surface area contributed by atoms with Gasteiger partial charge in [-0.1, -0.05) is 64.3 Å². The van der Waals surface area contributed by atoms with Crippen molar-refractivity contribution < 1.29 is 55.8 Å². The zero-order valence-electron chi connectivity index (χ0n) is 22.7. The Morgan fingerprint density at radius 1 is 1.12 bits per heavy atom. The van der Waals surface area contributed by atoms with Crippen LogP contribution in [-0.4, -0.2) is 63.8 Å². The minimum Gasteiger partial charge on any atom is -1.00 e. The molecule has 4 unspecified atom stereocenters. The van der Waals surface area contributed by atoms with Crippen LogP contribution in [0, 0.1) is 11.8 Å². The van der Waals surface area contributed by atoms with Gasteiger partial charge in [-0.2, -0.15) is 0 Å². The molecule has 0 bridgehead atoms. The number of carbonyl (C=O) groups is 1. The van der Waals surface area contributed by atoms with Crippen molar-refractivity contribution in [3.05, 3.63) is 24.3 Å². The molecule has 1 saturated carbocycles. The summed E-state index contributed by atoms with van der Waals surface area (Å²) in [5.74, 6) is -0.373. The Labute approximate surface area is 225 Å². The summed E-state index contributed by atoms with van der Waals surface area (Å²) >= 11 is 0. The van der Waals surface area contributed by atoms with Crippen molar-refractivity contribution in [2.45, 2.75) is 110 Å². The molecule has 0 aliphatic heterocycles. The van der Waals surface area contributed by atoms with Crippen LogP contribution in [0.5, 0.6) is 0 Å². The summed E-state index contributed by atoms with van der Waals surface area (Å²) in [5, 5.41) is 30.8. The van der Waals surface area contributed by atoms with Crippen LogP contribution in [-0.2, 0) is 9.53 Å². The summed E-state index contributed by atoms with van der Waals surface area (Å²) in [6.07, 6.45) is 12.8. The molecule has 1 aliphatic rings. The fourth-order valence-corrected chi connectivity index (χ4v) is 4.46. The molecule has 6 nitrogen and oxygen atoms in total. The van der Waals surface area contributed by atoms with E-state index in [1.54, 1.807) is 6.08 Å². The minimum absolute atomic E-state index is 0. The summed E-state index contributed by atoms with van der Waals surface area (Å²) in [6, 6.07) is 0. The van der Waals surface area contributed by atoms with Crippen molar-refractivity contribution in [3.8, 4) is 0 Å². The van der Waals surface area contributed by atoms with Gasteiger partial charge >= 0.3 is 35.5 Å². The Morgan fingerprint density at radius 2 is 1.82 bits per heavy atom. The average molecular weight is 478 g/mol. The molecule has 0 saturated heterocycles. The normalized spacial score (nSPS) is 25.0. The molecule has 0 amide bonds. The number of rotatable bonds is 16. The van der Waals surface area contributed by atoms with Crippen LogP contribution in [0.25, 0.3) is 0 Å². The first-order valence-corrected chi connectivity index (χ1v) is 12.6. The van der Waals surface area contributed by atoms with Gasteiger partial charge in [0.05, 0.1) is 18.3 Å². The van der Waals surface area contributed by atoms with Gasteiger partial charge in [0.2, 0.25) is 0 Å². The molecular formula is C26H48NNaO5. The Morgan fingerprint density at radius 3 is 2.45 bits per heavy atom. The predicted octanol–water partition coefficient (Wildman–Crippen LogP) is 1.31. The topological polar surface area (TPSA) is 90.2 Å². The smallest absolute Gasteiger partial charge is 1.00 e. The summed E-state index contributed by atoms with van der Waals surface area (Å²) in [7, 11) is 0. The molecule has 7 heteroatoms. The number of unbranched alkanes of at least 4 members (excludes halogenated alkanes) is 3. The van der Waals surface area contributed by atoms with Gasteiger partial charge < -0.3 is 21.5 Å². The number of aliphatic hydroxyl groups is 3. The first-order chi connectivity index (χ1) is 15.3. The molecule has 33 heavy (non-hydrogen) atoms. The summed E-state index contributed by atoms with van der Waals surface area (Å²) in [4.78, 5) is 14.1. The second kappa shape index (κ2) is 19.0. The van der Waals surface area contributed by atoms with E-state index in [-0.39, 0.29) is 55.0 Å². The van der Waals surface area contributed by atoms with Crippen molar-refractivity contribution in [2.75, 3.05) is 13.1 Å². The van der Waals surface area contributed by atoms with E-state index in [1.807, 2.05) is 25.2 Å². The predicted molar refractivity (Wildman–Crippen MR) is 130 cm³/mol. The van der Waals surface area contributed by atoms with E-state index >= 15 is 0 Å². The van der Waals surface area contributed by atoms with Gasteiger partial charge in [-0.25, -0.2) is 0 Å². The largest absolute Gasteiger partial charge is 1.00 e. The molecule has 0 spiro atoms. The Bertz CT molecular complexity index is 573. The van der Waals surface area contributed by atoms with Crippen molar-refractivity contribution in [1.82, 2.24) is 4.90 Å². The standard InChI is InChI=1S/C26H47NO5.Na.H/c1-5-8-11-14-21(28)17-18-23-22(24(29)19-25(23)30)15-12-9-10-13-16-26(31)32-20(4)27(6-2)7-3;;/h9,12,17-18,20-25,28-30H,5-8,10-11,13-16,19H2,1-4H3;;/q;+1;-1/b12-9+,18-17+;;/t20?,21?,22-,23-,24?,25?;;/m1../s1. The van der Waals surface area contributed by atoms with Gasteiger partial charge in [0.25, 0.3) is 0 Å². The van der Waals surface area contributed by atoms with Gasteiger partial charge in [0, 0.05) is 18.8 Å². The van der Waals surface area contributed by atoms with E-state index in [2.05, 4.69) is 25.7 Å². The molecule has 0 aromatic carbocycles. The van der Waals surface area contributed by atoms with Crippen LogP contribution in [0.15, 0.2) is 24.3 Å². The van der Waals surface area contributed by atoms with E-state index in [0.717, 1.165) is 51.6 Å². The third-order valence-electron chi connectivity index (χ3n) is 6.53. The molecule has 1 rings (SSSR count). The van der Waals surface area contributed by atoms with Crippen molar-refractivity contribution in [3.63, 3.8) is 0 Å². The average Bonchev–Trinajstić information content (AvgIpc) is 3.02. The molecule has 0 aromatic heterocycles. The third kappa shape index (κ3) is 12.9. The van der Waals surface area contributed by atoms with E-state index in [1.165, 1.54) is 0 Å². The first-order valence-electron chi connectivity index (χ1n) is 12.6. The fraction of sp³-hybridized carbons (Fsp3) is 0.808. The number of nitrogens with zero attached hydrogens (tertiary/aromatic N) is 1. The van der Waals surface area contributed by atoms with Crippen LogP contribution in [0.4, 0.5) is 0 Å². The minimum atomic E-state index is -0.579. The monoisotopic (exact) mass is 477 g/mol. The number of carbonyl (C=O) groups excluding carboxylic acids is 1. The molecule has 1 aliphatic carbocycles. The van der Waals surface area contributed by atoms with Gasteiger partial charge in [-0.3, -0.25) is 9.69 Å². The number of aliphatic hydroxyl groups excluding tert-OH is 3. The summed E-state index contributed by atoms with van der Waals surface area (Å²) in [6.45, 7) is 9.84. The van der Waals surface area contributed by atoms with Gasteiger partial charge in [0.15, 0.2) is 6.23 Å². The number of ether oxygens (including phenoxy) is 1. The van der Waals surface area contributed by atoms with E-state index in [9.17, 15) is 20.1 Å². The fourth-order valence-electron chi connectivity index (χ4n) is 4.46. The number of hydrogen-bond acceptors (Lipinski definition) is 6. The molecule has 188 valence electrons. The maximum atomic E-state index is 12.0.